The van der Waals surface area contributed by atoms with E-state index in [2.05, 4.69) is 11.4 Å². The third kappa shape index (κ3) is 5.43. The number of ether oxygens (including phenoxy) is 1. The Labute approximate surface area is 114 Å². The maximum absolute atomic E-state index is 11.6. The van der Waals surface area contributed by atoms with Crippen LogP contribution in [0.15, 0.2) is 24.3 Å². The van der Waals surface area contributed by atoms with Gasteiger partial charge in [-0.15, -0.1) is 0 Å². The van der Waals surface area contributed by atoms with Gasteiger partial charge in [-0.2, -0.15) is 5.26 Å². The summed E-state index contributed by atoms with van der Waals surface area (Å²) in [5, 5.41) is 11.5. The maximum atomic E-state index is 11.6. The molecular weight excluding hydrogens is 240 g/mol. The molecule has 0 saturated heterocycles. The Morgan fingerprint density at radius 3 is 2.58 bits per heavy atom. The molecule has 0 aromatic heterocycles. The second-order valence-electron chi connectivity index (χ2n) is 4.23. The van der Waals surface area contributed by atoms with Gasteiger partial charge < -0.3 is 10.1 Å². The monoisotopic (exact) mass is 260 g/mol. The molecule has 1 aromatic carbocycles. The lowest BCUT2D eigenvalue weighted by Gasteiger charge is -2.09. The van der Waals surface area contributed by atoms with Gasteiger partial charge in [0.05, 0.1) is 12.7 Å². The van der Waals surface area contributed by atoms with Crippen LogP contribution in [0.5, 0.6) is 5.75 Å². The number of hydrogen-bond donors (Lipinski definition) is 1. The van der Waals surface area contributed by atoms with Crippen molar-refractivity contribution in [2.24, 2.45) is 0 Å². The maximum Gasteiger partial charge on any atom is 0.221 e. The largest absolute Gasteiger partial charge is 0.494 e. The first-order valence-electron chi connectivity index (χ1n) is 6.60. The molecule has 1 amide bonds. The Morgan fingerprint density at radius 1 is 1.37 bits per heavy atom. The highest BCUT2D eigenvalue weighted by Gasteiger charge is 2.08. The van der Waals surface area contributed by atoms with Gasteiger partial charge in [-0.25, -0.2) is 0 Å². The van der Waals surface area contributed by atoms with Gasteiger partial charge >= 0.3 is 0 Å². The van der Waals surface area contributed by atoms with Crippen molar-refractivity contribution in [2.45, 2.75) is 39.2 Å². The summed E-state index contributed by atoms with van der Waals surface area (Å²) >= 11 is 0. The lowest BCUT2D eigenvalue weighted by molar-refractivity contribution is -0.121. The molecule has 0 heterocycles. The molecule has 1 N–H and O–H groups in total. The molecule has 0 aliphatic carbocycles. The first-order chi connectivity index (χ1) is 9.19. The second kappa shape index (κ2) is 8.15. The predicted molar refractivity (Wildman–Crippen MR) is 73.8 cm³/mol. The van der Waals surface area contributed by atoms with Crippen LogP contribution in [-0.2, 0) is 11.2 Å². The van der Waals surface area contributed by atoms with Crippen LogP contribution in [0.2, 0.25) is 0 Å². The summed E-state index contributed by atoms with van der Waals surface area (Å²) < 4.78 is 5.35. The third-order valence-electron chi connectivity index (χ3n) is 2.77. The molecule has 0 fully saturated rings. The number of hydrogen-bond acceptors (Lipinski definition) is 3. The topological polar surface area (TPSA) is 62.1 Å². The first kappa shape index (κ1) is 15.0. The number of benzene rings is 1. The quantitative estimate of drug-likeness (QED) is 0.819. The van der Waals surface area contributed by atoms with E-state index in [1.165, 1.54) is 0 Å². The van der Waals surface area contributed by atoms with Crippen molar-refractivity contribution in [1.29, 1.82) is 5.26 Å². The van der Waals surface area contributed by atoms with Gasteiger partial charge in [0.1, 0.15) is 11.8 Å². The van der Waals surface area contributed by atoms with Gasteiger partial charge in [0.15, 0.2) is 0 Å². The molecule has 1 aromatic rings. The van der Waals surface area contributed by atoms with Crippen LogP contribution < -0.4 is 10.1 Å². The smallest absolute Gasteiger partial charge is 0.221 e. The van der Waals surface area contributed by atoms with Crippen LogP contribution >= 0.6 is 0 Å². The van der Waals surface area contributed by atoms with Crippen molar-refractivity contribution in [3.05, 3.63) is 29.8 Å². The Morgan fingerprint density at radius 2 is 2.05 bits per heavy atom. The van der Waals surface area contributed by atoms with Gasteiger partial charge in [0, 0.05) is 6.42 Å². The van der Waals surface area contributed by atoms with Gasteiger partial charge in [-0.05, 0) is 37.5 Å². The molecule has 0 saturated carbocycles. The minimum atomic E-state index is -0.382. The summed E-state index contributed by atoms with van der Waals surface area (Å²) in [7, 11) is 0. The minimum absolute atomic E-state index is 0.0812. The van der Waals surface area contributed by atoms with Crippen LogP contribution in [0.25, 0.3) is 0 Å². The van der Waals surface area contributed by atoms with E-state index in [0.29, 0.717) is 25.9 Å². The van der Waals surface area contributed by atoms with E-state index in [0.717, 1.165) is 11.3 Å². The average molecular weight is 260 g/mol. The number of carbonyl (C=O) groups is 1. The van der Waals surface area contributed by atoms with Crippen molar-refractivity contribution in [2.75, 3.05) is 6.61 Å². The summed E-state index contributed by atoms with van der Waals surface area (Å²) in [6.07, 6.45) is 1.69. The Balaban J connectivity index is 2.40. The van der Waals surface area contributed by atoms with E-state index >= 15 is 0 Å². The Bertz CT molecular complexity index is 434. The fourth-order valence-electron chi connectivity index (χ4n) is 1.67. The van der Waals surface area contributed by atoms with E-state index in [4.69, 9.17) is 10.00 Å². The number of carbonyl (C=O) groups excluding carboxylic acids is 1. The molecule has 1 unspecified atom stereocenters. The van der Waals surface area contributed by atoms with E-state index in [-0.39, 0.29) is 11.9 Å². The van der Waals surface area contributed by atoms with Crippen LogP contribution in [0.4, 0.5) is 0 Å². The Kier molecular flexibility index (Phi) is 6.45. The number of nitrogens with one attached hydrogen (secondary N) is 1. The van der Waals surface area contributed by atoms with Gasteiger partial charge in [-0.3, -0.25) is 4.79 Å². The standard InChI is InChI=1S/C15H20N2O2/c1-3-13(11-16)17-15(18)10-7-12-5-8-14(9-6-12)19-4-2/h5-6,8-9,13H,3-4,7,10H2,1-2H3,(H,17,18). The fraction of sp³-hybridized carbons (Fsp3) is 0.467. The van der Waals surface area contributed by atoms with Crippen LogP contribution in [-0.4, -0.2) is 18.6 Å². The zero-order valence-corrected chi connectivity index (χ0v) is 11.5. The van der Waals surface area contributed by atoms with Crippen molar-refractivity contribution in [1.82, 2.24) is 5.32 Å². The number of nitriles is 1. The third-order valence-corrected chi connectivity index (χ3v) is 2.77. The molecule has 1 rings (SSSR count). The molecule has 1 atom stereocenters. The summed E-state index contributed by atoms with van der Waals surface area (Å²) in [5.41, 5.74) is 1.09. The van der Waals surface area contributed by atoms with Gasteiger partial charge in [-0.1, -0.05) is 19.1 Å². The zero-order chi connectivity index (χ0) is 14.1. The number of rotatable bonds is 7. The summed E-state index contributed by atoms with van der Waals surface area (Å²) in [5.74, 6) is 0.758. The molecule has 0 radical (unpaired) electrons. The van der Waals surface area contributed by atoms with Crippen LogP contribution in [0.1, 0.15) is 32.3 Å². The highest BCUT2D eigenvalue weighted by atomic mass is 16.5. The molecule has 4 heteroatoms. The number of aryl methyl sites for hydroxylation is 1. The first-order valence-corrected chi connectivity index (χ1v) is 6.60. The van der Waals surface area contributed by atoms with E-state index in [9.17, 15) is 4.79 Å². The Hall–Kier alpha value is -2.02. The zero-order valence-electron chi connectivity index (χ0n) is 11.5. The number of amides is 1. The SMILES string of the molecule is CCOc1ccc(CCC(=O)NC(C#N)CC)cc1. The van der Waals surface area contributed by atoms with Crippen molar-refractivity contribution in [3.63, 3.8) is 0 Å². The second-order valence-corrected chi connectivity index (χ2v) is 4.23. The summed E-state index contributed by atoms with van der Waals surface area (Å²) in [6.45, 7) is 4.46. The predicted octanol–water partition coefficient (Wildman–Crippen LogP) is 2.44. The molecule has 0 bridgehead atoms. The lowest BCUT2D eigenvalue weighted by atomic mass is 10.1. The highest BCUT2D eigenvalue weighted by molar-refractivity contribution is 5.76. The lowest BCUT2D eigenvalue weighted by Crippen LogP contribution is -2.33. The van der Waals surface area contributed by atoms with E-state index < -0.39 is 0 Å². The highest BCUT2D eigenvalue weighted by Crippen LogP contribution is 2.13. The molecule has 19 heavy (non-hydrogen) atoms. The molecule has 4 nitrogen and oxygen atoms in total. The normalized spacial score (nSPS) is 11.4. The van der Waals surface area contributed by atoms with Gasteiger partial charge in [0.2, 0.25) is 5.91 Å². The van der Waals surface area contributed by atoms with E-state index in [1.807, 2.05) is 38.1 Å². The summed E-state index contributed by atoms with van der Waals surface area (Å²) in [4.78, 5) is 11.6. The van der Waals surface area contributed by atoms with Crippen molar-refractivity contribution >= 4 is 5.91 Å². The average Bonchev–Trinajstić information content (AvgIpc) is 2.44. The van der Waals surface area contributed by atoms with Gasteiger partial charge in [0.25, 0.3) is 0 Å². The van der Waals surface area contributed by atoms with Crippen molar-refractivity contribution < 1.29 is 9.53 Å². The molecule has 0 aliphatic heterocycles. The molecule has 0 aliphatic rings. The fourth-order valence-corrected chi connectivity index (χ4v) is 1.67. The van der Waals surface area contributed by atoms with Crippen LogP contribution in [0, 0.1) is 11.3 Å². The number of nitrogens with zero attached hydrogens (tertiary/aromatic N) is 1. The van der Waals surface area contributed by atoms with Crippen molar-refractivity contribution in [3.8, 4) is 11.8 Å². The van der Waals surface area contributed by atoms with Crippen LogP contribution in [0.3, 0.4) is 0 Å². The summed E-state index contributed by atoms with van der Waals surface area (Å²) in [6, 6.07) is 9.40. The molecular formula is C15H20N2O2. The molecule has 102 valence electrons. The van der Waals surface area contributed by atoms with E-state index in [1.54, 1.807) is 0 Å². The minimum Gasteiger partial charge on any atom is -0.494 e. The molecule has 0 spiro atoms.